The Labute approximate surface area is 102 Å². The van der Waals surface area contributed by atoms with Crippen LogP contribution in [0.3, 0.4) is 0 Å². The lowest BCUT2D eigenvalue weighted by Crippen LogP contribution is -2.16. The second kappa shape index (κ2) is 6.64. The van der Waals surface area contributed by atoms with E-state index in [1.165, 1.54) is 38.5 Å². The normalized spacial score (nSPS) is 21.8. The maximum absolute atomic E-state index is 10.1. The Morgan fingerprint density at radius 1 is 1.06 bits per heavy atom. The number of hydrogen-bond acceptors (Lipinski definition) is 1. The first-order chi connectivity index (χ1) is 7.47. The highest BCUT2D eigenvalue weighted by Crippen LogP contribution is 2.29. The molecule has 0 aromatic heterocycles. The molecule has 16 heavy (non-hydrogen) atoms. The molecule has 1 aliphatic carbocycles. The van der Waals surface area contributed by atoms with E-state index >= 15 is 0 Å². The molecule has 1 fully saturated rings. The molecule has 1 unspecified atom stereocenters. The molecule has 96 valence electrons. The van der Waals surface area contributed by atoms with Gasteiger partial charge in [-0.15, -0.1) is 0 Å². The predicted octanol–water partition coefficient (Wildman–Crippen LogP) is 4.53. The molecule has 0 aliphatic heterocycles. The van der Waals surface area contributed by atoms with Gasteiger partial charge in [0, 0.05) is 0 Å². The third-order valence-corrected chi connectivity index (χ3v) is 3.81. The molecule has 1 N–H and O–H groups in total. The van der Waals surface area contributed by atoms with Crippen molar-refractivity contribution in [1.82, 2.24) is 0 Å². The van der Waals surface area contributed by atoms with Gasteiger partial charge in [0.25, 0.3) is 0 Å². The van der Waals surface area contributed by atoms with Crippen LogP contribution in [0.5, 0.6) is 0 Å². The topological polar surface area (TPSA) is 20.2 Å². The summed E-state index contributed by atoms with van der Waals surface area (Å²) in [5, 5.41) is 10.1. The van der Waals surface area contributed by atoms with E-state index < -0.39 is 0 Å². The van der Waals surface area contributed by atoms with Crippen LogP contribution in [0, 0.1) is 11.3 Å². The number of hydrogen-bond donors (Lipinski definition) is 1. The summed E-state index contributed by atoms with van der Waals surface area (Å²) < 4.78 is 0. The van der Waals surface area contributed by atoms with Gasteiger partial charge in [0.1, 0.15) is 0 Å². The van der Waals surface area contributed by atoms with E-state index in [1.54, 1.807) is 0 Å². The van der Waals surface area contributed by atoms with E-state index in [1.807, 2.05) is 0 Å². The average molecular weight is 226 g/mol. The van der Waals surface area contributed by atoms with Crippen LogP contribution in [0.1, 0.15) is 78.6 Å². The minimum atomic E-state index is -0.0534. The fourth-order valence-electron chi connectivity index (χ4n) is 2.70. The molecule has 0 heterocycles. The van der Waals surface area contributed by atoms with E-state index in [0.29, 0.717) is 5.41 Å². The minimum absolute atomic E-state index is 0.0534. The molecule has 0 aromatic rings. The summed E-state index contributed by atoms with van der Waals surface area (Å²) >= 11 is 0. The third kappa shape index (κ3) is 6.52. The van der Waals surface area contributed by atoms with E-state index in [-0.39, 0.29) is 6.10 Å². The quantitative estimate of drug-likeness (QED) is 0.698. The summed E-state index contributed by atoms with van der Waals surface area (Å²) in [7, 11) is 0. The molecule has 1 atom stereocenters. The fourth-order valence-corrected chi connectivity index (χ4v) is 2.70. The lowest BCUT2D eigenvalue weighted by atomic mass is 9.86. The Morgan fingerprint density at radius 3 is 2.12 bits per heavy atom. The van der Waals surface area contributed by atoms with Gasteiger partial charge < -0.3 is 5.11 Å². The summed E-state index contributed by atoms with van der Waals surface area (Å²) in [6.07, 6.45) is 11.4. The van der Waals surface area contributed by atoms with Gasteiger partial charge in [-0.2, -0.15) is 0 Å². The van der Waals surface area contributed by atoms with Crippen molar-refractivity contribution in [1.29, 1.82) is 0 Å². The maximum atomic E-state index is 10.1. The van der Waals surface area contributed by atoms with Crippen LogP contribution < -0.4 is 0 Å². The van der Waals surface area contributed by atoms with Gasteiger partial charge in [-0.1, -0.05) is 59.3 Å². The Balaban J connectivity index is 2.19. The summed E-state index contributed by atoms with van der Waals surface area (Å²) in [4.78, 5) is 0. The molecule has 0 amide bonds. The highest BCUT2D eigenvalue weighted by Gasteiger charge is 2.18. The molecular weight excluding hydrogens is 196 g/mol. The summed E-state index contributed by atoms with van der Waals surface area (Å²) in [5.41, 5.74) is 0.366. The third-order valence-electron chi connectivity index (χ3n) is 3.81. The molecule has 1 rings (SSSR count). The molecule has 0 radical (unpaired) electrons. The lowest BCUT2D eigenvalue weighted by molar-refractivity contribution is 0.114. The summed E-state index contributed by atoms with van der Waals surface area (Å²) in [6.45, 7) is 6.77. The first-order valence-electron chi connectivity index (χ1n) is 7.15. The van der Waals surface area contributed by atoms with Crippen LogP contribution in [-0.2, 0) is 0 Å². The number of rotatable bonds is 4. The van der Waals surface area contributed by atoms with Gasteiger partial charge in [0.15, 0.2) is 0 Å². The van der Waals surface area contributed by atoms with Crippen LogP contribution in [0.25, 0.3) is 0 Å². The molecular formula is C15H30O. The summed E-state index contributed by atoms with van der Waals surface area (Å²) in [5.74, 6) is 0.803. The maximum Gasteiger partial charge on any atom is 0.0543 e. The number of aliphatic hydroxyl groups excluding tert-OH is 1. The van der Waals surface area contributed by atoms with Gasteiger partial charge in [-0.25, -0.2) is 0 Å². The first-order valence-corrected chi connectivity index (χ1v) is 7.15. The van der Waals surface area contributed by atoms with Gasteiger partial charge in [0.05, 0.1) is 6.10 Å². The molecule has 0 bridgehead atoms. The molecule has 1 heteroatoms. The highest BCUT2D eigenvalue weighted by atomic mass is 16.3. The minimum Gasteiger partial charge on any atom is -0.393 e. The van der Waals surface area contributed by atoms with Gasteiger partial charge in [-0.3, -0.25) is 0 Å². The zero-order valence-corrected chi connectivity index (χ0v) is 11.5. The van der Waals surface area contributed by atoms with E-state index in [4.69, 9.17) is 0 Å². The zero-order chi connectivity index (χ0) is 12.0. The predicted molar refractivity (Wildman–Crippen MR) is 70.5 cm³/mol. The highest BCUT2D eigenvalue weighted by molar-refractivity contribution is 4.71. The SMILES string of the molecule is CC(C)(C)CCC(O)CC1CCCCCC1. The Morgan fingerprint density at radius 2 is 1.62 bits per heavy atom. The van der Waals surface area contributed by atoms with Crippen molar-refractivity contribution in [3.8, 4) is 0 Å². The van der Waals surface area contributed by atoms with Crippen molar-refractivity contribution < 1.29 is 5.11 Å². The van der Waals surface area contributed by atoms with Crippen molar-refractivity contribution in [2.75, 3.05) is 0 Å². The van der Waals surface area contributed by atoms with Gasteiger partial charge in [-0.05, 0) is 30.6 Å². The fraction of sp³-hybridized carbons (Fsp3) is 1.00. The first kappa shape index (κ1) is 14.0. The second-order valence-electron chi connectivity index (χ2n) is 6.85. The van der Waals surface area contributed by atoms with E-state index in [0.717, 1.165) is 25.2 Å². The lowest BCUT2D eigenvalue weighted by Gasteiger charge is -2.23. The van der Waals surface area contributed by atoms with Gasteiger partial charge in [0.2, 0.25) is 0 Å². The van der Waals surface area contributed by atoms with Crippen molar-refractivity contribution >= 4 is 0 Å². The van der Waals surface area contributed by atoms with E-state index in [2.05, 4.69) is 20.8 Å². The molecule has 0 saturated heterocycles. The molecule has 0 spiro atoms. The van der Waals surface area contributed by atoms with Crippen molar-refractivity contribution in [2.24, 2.45) is 11.3 Å². The van der Waals surface area contributed by atoms with Crippen LogP contribution in [0.4, 0.5) is 0 Å². The van der Waals surface area contributed by atoms with Crippen LogP contribution in [0.2, 0.25) is 0 Å². The summed E-state index contributed by atoms with van der Waals surface area (Å²) in [6, 6.07) is 0. The van der Waals surface area contributed by atoms with Crippen LogP contribution in [0.15, 0.2) is 0 Å². The van der Waals surface area contributed by atoms with Crippen LogP contribution >= 0.6 is 0 Å². The number of aliphatic hydroxyl groups is 1. The zero-order valence-electron chi connectivity index (χ0n) is 11.5. The standard InChI is InChI=1S/C15H30O/c1-15(2,3)11-10-14(16)12-13-8-6-4-5-7-9-13/h13-14,16H,4-12H2,1-3H3. The molecule has 1 aliphatic rings. The largest absolute Gasteiger partial charge is 0.393 e. The Bertz CT molecular complexity index is 172. The molecule has 0 aromatic carbocycles. The average Bonchev–Trinajstić information content (AvgIpc) is 2.42. The smallest absolute Gasteiger partial charge is 0.0543 e. The van der Waals surface area contributed by atoms with Crippen molar-refractivity contribution in [2.45, 2.75) is 84.7 Å². The van der Waals surface area contributed by atoms with Crippen molar-refractivity contribution in [3.63, 3.8) is 0 Å². The second-order valence-corrected chi connectivity index (χ2v) is 6.85. The Kier molecular flexibility index (Phi) is 5.82. The van der Waals surface area contributed by atoms with Crippen LogP contribution in [-0.4, -0.2) is 11.2 Å². The monoisotopic (exact) mass is 226 g/mol. The molecule has 1 nitrogen and oxygen atoms in total. The van der Waals surface area contributed by atoms with Crippen molar-refractivity contribution in [3.05, 3.63) is 0 Å². The van der Waals surface area contributed by atoms with Gasteiger partial charge >= 0.3 is 0 Å². The Hall–Kier alpha value is -0.0400. The van der Waals surface area contributed by atoms with E-state index in [9.17, 15) is 5.11 Å². The molecule has 1 saturated carbocycles.